The number of carbonyl (C=O) groups excluding carboxylic acids is 1. The van der Waals surface area contributed by atoms with Crippen LogP contribution in [-0.2, 0) is 33.4 Å². The van der Waals surface area contributed by atoms with Crippen LogP contribution in [0.1, 0.15) is 46.3 Å². The second kappa shape index (κ2) is 10.9. The molecule has 2 rings (SSSR count). The summed E-state index contributed by atoms with van der Waals surface area (Å²) in [6.07, 6.45) is -9.95. The molecule has 0 spiro atoms. The van der Waals surface area contributed by atoms with Crippen LogP contribution < -0.4 is 10.8 Å². The molecule has 0 bridgehead atoms. The third-order valence-electron chi connectivity index (χ3n) is 4.92. The summed E-state index contributed by atoms with van der Waals surface area (Å²) in [6, 6.07) is 5.37. The van der Waals surface area contributed by atoms with E-state index in [9.17, 15) is 31.1 Å². The van der Waals surface area contributed by atoms with Crippen LogP contribution in [-0.4, -0.2) is 25.8 Å². The van der Waals surface area contributed by atoms with Crippen molar-refractivity contribution in [2.24, 2.45) is 5.16 Å². The van der Waals surface area contributed by atoms with Crippen LogP contribution in [0, 0.1) is 6.92 Å². The first-order valence-electron chi connectivity index (χ1n) is 9.84. The summed E-state index contributed by atoms with van der Waals surface area (Å²) in [5.74, 6) is -0.406. The average molecular weight is 491 g/mol. The maximum absolute atomic E-state index is 13.1. The van der Waals surface area contributed by atoms with E-state index >= 15 is 0 Å². The SMILES string of the molecule is CNC(=O)C(NOC)c1cccc(C)c1CO/N=C(\C)c1cc(C(F)(F)F)cc(C(F)(F)F)c1. The number of rotatable bonds is 8. The molecule has 12 heteroatoms. The van der Waals surface area contributed by atoms with Crippen molar-refractivity contribution in [1.82, 2.24) is 10.8 Å². The Kier molecular flexibility index (Phi) is 8.67. The number of hydroxylamine groups is 1. The van der Waals surface area contributed by atoms with Gasteiger partial charge in [-0.15, -0.1) is 0 Å². The van der Waals surface area contributed by atoms with Gasteiger partial charge in [0, 0.05) is 18.2 Å². The van der Waals surface area contributed by atoms with E-state index in [-0.39, 0.29) is 18.4 Å². The molecule has 0 aliphatic rings. The van der Waals surface area contributed by atoms with E-state index in [1.165, 1.54) is 21.1 Å². The first-order valence-corrected chi connectivity index (χ1v) is 9.84. The summed E-state index contributed by atoms with van der Waals surface area (Å²) in [4.78, 5) is 22.4. The van der Waals surface area contributed by atoms with Crippen molar-refractivity contribution in [3.8, 4) is 0 Å². The zero-order chi connectivity index (χ0) is 25.7. The Morgan fingerprint density at radius 1 is 1.06 bits per heavy atom. The van der Waals surface area contributed by atoms with Gasteiger partial charge in [-0.05, 0) is 43.2 Å². The Bertz CT molecular complexity index is 1020. The van der Waals surface area contributed by atoms with Crippen molar-refractivity contribution < 1.29 is 40.8 Å². The van der Waals surface area contributed by atoms with Crippen LogP contribution in [0.2, 0.25) is 0 Å². The quantitative estimate of drug-likeness (QED) is 0.313. The first kappa shape index (κ1) is 27.1. The molecule has 0 heterocycles. The molecule has 0 saturated heterocycles. The van der Waals surface area contributed by atoms with E-state index in [4.69, 9.17) is 9.68 Å². The van der Waals surface area contributed by atoms with E-state index in [0.29, 0.717) is 23.3 Å². The minimum Gasteiger partial charge on any atom is -0.391 e. The smallest absolute Gasteiger partial charge is 0.391 e. The second-order valence-corrected chi connectivity index (χ2v) is 7.26. The fourth-order valence-corrected chi connectivity index (χ4v) is 3.12. The van der Waals surface area contributed by atoms with Crippen LogP contribution in [0.4, 0.5) is 26.3 Å². The van der Waals surface area contributed by atoms with Crippen molar-refractivity contribution in [3.63, 3.8) is 0 Å². The Labute approximate surface area is 191 Å². The number of benzene rings is 2. The van der Waals surface area contributed by atoms with Gasteiger partial charge in [-0.3, -0.25) is 4.79 Å². The van der Waals surface area contributed by atoms with Crippen molar-refractivity contribution >= 4 is 11.6 Å². The number of alkyl halides is 6. The molecule has 6 nitrogen and oxygen atoms in total. The van der Waals surface area contributed by atoms with Crippen LogP contribution in [0.3, 0.4) is 0 Å². The third-order valence-corrected chi connectivity index (χ3v) is 4.92. The molecule has 1 atom stereocenters. The molecular formula is C22H23F6N3O3. The molecule has 1 amide bonds. The van der Waals surface area contributed by atoms with E-state index in [2.05, 4.69) is 16.0 Å². The van der Waals surface area contributed by atoms with Gasteiger partial charge in [-0.25, -0.2) is 0 Å². The van der Waals surface area contributed by atoms with Crippen LogP contribution >= 0.6 is 0 Å². The summed E-state index contributed by atoms with van der Waals surface area (Å²) in [5, 5.41) is 6.21. The van der Waals surface area contributed by atoms with Crippen molar-refractivity contribution in [3.05, 3.63) is 69.8 Å². The van der Waals surface area contributed by atoms with Gasteiger partial charge >= 0.3 is 12.4 Å². The topological polar surface area (TPSA) is 72.0 Å². The highest BCUT2D eigenvalue weighted by Gasteiger charge is 2.37. The van der Waals surface area contributed by atoms with Gasteiger partial charge in [0.2, 0.25) is 5.91 Å². The largest absolute Gasteiger partial charge is 0.416 e. The molecule has 0 aromatic heterocycles. The summed E-state index contributed by atoms with van der Waals surface area (Å²) in [7, 11) is 2.77. The molecule has 2 aromatic rings. The number of nitrogens with one attached hydrogen (secondary N) is 2. The summed E-state index contributed by atoms with van der Waals surface area (Å²) in [6.45, 7) is 2.77. The predicted molar refractivity (Wildman–Crippen MR) is 112 cm³/mol. The molecule has 34 heavy (non-hydrogen) atoms. The summed E-state index contributed by atoms with van der Waals surface area (Å²) in [5.41, 5.74) is 0.831. The predicted octanol–water partition coefficient (Wildman–Crippen LogP) is 4.91. The zero-order valence-electron chi connectivity index (χ0n) is 18.7. The van der Waals surface area contributed by atoms with Gasteiger partial charge < -0.3 is 15.0 Å². The maximum Gasteiger partial charge on any atom is 0.416 e. The third kappa shape index (κ3) is 6.70. The minimum absolute atomic E-state index is 0.0406. The van der Waals surface area contributed by atoms with Gasteiger partial charge in [-0.2, -0.15) is 31.8 Å². The molecule has 0 aliphatic carbocycles. The fourth-order valence-electron chi connectivity index (χ4n) is 3.12. The monoisotopic (exact) mass is 491 g/mol. The standard InChI is InChI=1S/C22H23F6N3O3/c1-12-6-5-7-17(19(31-33-4)20(32)29-3)18(12)11-34-30-13(2)14-8-15(21(23,24)25)10-16(9-14)22(26,27)28/h5-10,19,31H,11H2,1-4H3,(H,29,32)/b30-13+. The first-order chi connectivity index (χ1) is 15.8. The van der Waals surface area contributed by atoms with Crippen molar-refractivity contribution in [2.75, 3.05) is 14.2 Å². The highest BCUT2D eigenvalue weighted by Crippen LogP contribution is 2.36. The molecule has 0 saturated carbocycles. The minimum atomic E-state index is -4.98. The zero-order valence-corrected chi connectivity index (χ0v) is 18.7. The van der Waals surface area contributed by atoms with Gasteiger partial charge in [0.15, 0.2) is 0 Å². The molecule has 0 aliphatic heterocycles. The second-order valence-electron chi connectivity index (χ2n) is 7.26. The lowest BCUT2D eigenvalue weighted by atomic mass is 9.96. The Hall–Kier alpha value is -3.12. The number of hydrogen-bond acceptors (Lipinski definition) is 5. The number of oxime groups is 1. The lowest BCUT2D eigenvalue weighted by molar-refractivity contribution is -0.143. The van der Waals surface area contributed by atoms with Crippen LogP contribution in [0.25, 0.3) is 0 Å². The van der Waals surface area contributed by atoms with Gasteiger partial charge in [0.1, 0.15) is 12.6 Å². The average Bonchev–Trinajstić information content (AvgIpc) is 2.76. The molecular weight excluding hydrogens is 468 g/mol. The highest BCUT2D eigenvalue weighted by atomic mass is 19.4. The number of halogens is 6. The molecule has 2 N–H and O–H groups in total. The van der Waals surface area contributed by atoms with Gasteiger partial charge in [0.25, 0.3) is 0 Å². The van der Waals surface area contributed by atoms with E-state index in [1.807, 2.05) is 0 Å². The lowest BCUT2D eigenvalue weighted by Crippen LogP contribution is -2.36. The summed E-state index contributed by atoms with van der Waals surface area (Å²) >= 11 is 0. The van der Waals surface area contributed by atoms with Crippen LogP contribution in [0.5, 0.6) is 0 Å². The summed E-state index contributed by atoms with van der Waals surface area (Å²) < 4.78 is 78.6. The van der Waals surface area contributed by atoms with Gasteiger partial charge in [-0.1, -0.05) is 23.4 Å². The van der Waals surface area contributed by atoms with Crippen molar-refractivity contribution in [1.29, 1.82) is 0 Å². The Morgan fingerprint density at radius 2 is 1.65 bits per heavy atom. The number of amides is 1. The normalized spacial score (nSPS) is 13.5. The number of carbonyl (C=O) groups is 1. The lowest BCUT2D eigenvalue weighted by Gasteiger charge is -2.20. The Balaban J connectivity index is 2.37. The van der Waals surface area contributed by atoms with Gasteiger partial charge in [0.05, 0.1) is 23.9 Å². The van der Waals surface area contributed by atoms with E-state index < -0.39 is 41.0 Å². The molecule has 1 unspecified atom stereocenters. The van der Waals surface area contributed by atoms with Crippen LogP contribution in [0.15, 0.2) is 41.6 Å². The van der Waals surface area contributed by atoms with Crippen molar-refractivity contribution in [2.45, 2.75) is 38.8 Å². The molecule has 0 fully saturated rings. The Morgan fingerprint density at radius 3 is 2.15 bits per heavy atom. The fraction of sp³-hybridized carbons (Fsp3) is 0.364. The number of hydrogen-bond donors (Lipinski definition) is 2. The van der Waals surface area contributed by atoms with E-state index in [1.54, 1.807) is 25.1 Å². The van der Waals surface area contributed by atoms with E-state index in [0.717, 1.165) is 5.56 Å². The molecule has 0 radical (unpaired) electrons. The number of nitrogens with zero attached hydrogens (tertiary/aromatic N) is 1. The highest BCUT2D eigenvalue weighted by molar-refractivity contribution is 5.98. The number of aryl methyl sites for hydroxylation is 1. The number of likely N-dealkylation sites (N-methyl/N-ethyl adjacent to an activating group) is 1. The maximum atomic E-state index is 13.1. The molecule has 2 aromatic carbocycles. The molecule has 186 valence electrons.